The molecule has 0 radical (unpaired) electrons. The monoisotopic (exact) mass is 574 g/mol. The second-order valence-corrected chi connectivity index (χ2v) is 14.6. The molecule has 8 nitrogen and oxygen atoms in total. The third kappa shape index (κ3) is 2.98. The molecule has 2 aromatic carbocycles. The molecule has 2 saturated carbocycles. The van der Waals surface area contributed by atoms with E-state index in [4.69, 9.17) is 9.47 Å². The van der Waals surface area contributed by atoms with E-state index in [1.165, 1.54) is 22.3 Å². The van der Waals surface area contributed by atoms with E-state index in [9.17, 15) is 20.4 Å². The van der Waals surface area contributed by atoms with Crippen LogP contribution in [0.15, 0.2) is 24.3 Å². The predicted molar refractivity (Wildman–Crippen MR) is 155 cm³/mol. The SMILES string of the molecule is CN1CC[C@]23c4c5ccc(O)c4O[C@H]2[C@@H](O)CC[C@H]3[C@H]1C5.CN1CC[C@]23c4c5ccc(O)c4O[C@H]2[C@@H](O)CC[C@H]3[C@H]1C5. The molecule has 4 heterocycles. The van der Waals surface area contributed by atoms with Crippen LogP contribution in [0.2, 0.25) is 0 Å². The molecule has 224 valence electrons. The van der Waals surface area contributed by atoms with Gasteiger partial charge in [-0.25, -0.2) is 0 Å². The maximum Gasteiger partial charge on any atom is 0.165 e. The van der Waals surface area contributed by atoms with Gasteiger partial charge in [-0.1, -0.05) is 12.1 Å². The van der Waals surface area contributed by atoms with Crippen LogP contribution in [-0.2, 0) is 23.7 Å². The van der Waals surface area contributed by atoms with Gasteiger partial charge < -0.3 is 39.7 Å². The van der Waals surface area contributed by atoms with Crippen molar-refractivity contribution >= 4 is 0 Å². The minimum atomic E-state index is -0.414. The van der Waals surface area contributed by atoms with Crippen molar-refractivity contribution in [2.75, 3.05) is 27.2 Å². The number of likely N-dealkylation sites (N-methyl/N-ethyl adjacent to an activating group) is 2. The number of phenols is 2. The average Bonchev–Trinajstić information content (AvgIpc) is 3.52. The summed E-state index contributed by atoms with van der Waals surface area (Å²) < 4.78 is 12.3. The average molecular weight is 575 g/mol. The van der Waals surface area contributed by atoms with Gasteiger partial charge in [0, 0.05) is 34.0 Å². The van der Waals surface area contributed by atoms with E-state index in [0.717, 1.165) is 64.5 Å². The van der Waals surface area contributed by atoms with Crippen molar-refractivity contribution < 1.29 is 29.9 Å². The Hall–Kier alpha value is -2.52. The number of piperidine rings is 2. The highest BCUT2D eigenvalue weighted by Crippen LogP contribution is 2.65. The van der Waals surface area contributed by atoms with Crippen molar-refractivity contribution in [1.82, 2.24) is 9.80 Å². The van der Waals surface area contributed by atoms with Gasteiger partial charge in [-0.15, -0.1) is 0 Å². The molecule has 2 spiro atoms. The molecule has 0 unspecified atom stereocenters. The molecule has 4 aliphatic carbocycles. The third-order valence-corrected chi connectivity index (χ3v) is 13.1. The smallest absolute Gasteiger partial charge is 0.165 e. The number of aliphatic hydroxyl groups is 2. The molecular formula is C34H42N2O6. The van der Waals surface area contributed by atoms with Gasteiger partial charge in [0.2, 0.25) is 0 Å². The van der Waals surface area contributed by atoms with Crippen molar-refractivity contribution in [1.29, 1.82) is 0 Å². The number of ether oxygens (including phenoxy) is 2. The van der Waals surface area contributed by atoms with E-state index in [-0.39, 0.29) is 34.5 Å². The first-order valence-electron chi connectivity index (χ1n) is 16.1. The number of hydrogen-bond donors (Lipinski definition) is 4. The molecule has 4 N–H and O–H groups in total. The Labute approximate surface area is 246 Å². The fourth-order valence-corrected chi connectivity index (χ4v) is 11.4. The van der Waals surface area contributed by atoms with Gasteiger partial charge >= 0.3 is 0 Å². The van der Waals surface area contributed by atoms with Crippen molar-refractivity contribution in [3.63, 3.8) is 0 Å². The Morgan fingerprint density at radius 2 is 1.10 bits per heavy atom. The van der Waals surface area contributed by atoms with Crippen LogP contribution in [-0.4, -0.2) is 93.9 Å². The number of benzene rings is 2. The van der Waals surface area contributed by atoms with Gasteiger partial charge in [-0.3, -0.25) is 0 Å². The van der Waals surface area contributed by atoms with Gasteiger partial charge in [0.05, 0.1) is 12.2 Å². The van der Waals surface area contributed by atoms with Crippen LogP contribution in [0.25, 0.3) is 0 Å². The van der Waals surface area contributed by atoms with E-state index >= 15 is 0 Å². The molecule has 42 heavy (non-hydrogen) atoms. The summed E-state index contributed by atoms with van der Waals surface area (Å²) in [6, 6.07) is 8.71. The Balaban J connectivity index is 0.000000119. The van der Waals surface area contributed by atoms with Crippen molar-refractivity contribution in [3.05, 3.63) is 46.5 Å². The molecule has 10 atom stereocenters. The Bertz CT molecular complexity index is 1370. The lowest BCUT2D eigenvalue weighted by molar-refractivity contribution is -0.0994. The second kappa shape index (κ2) is 8.56. The number of hydrogen-bond acceptors (Lipinski definition) is 8. The first kappa shape index (κ1) is 25.9. The minimum absolute atomic E-state index is 0.0729. The molecule has 2 aromatic rings. The molecule has 0 amide bonds. The van der Waals surface area contributed by atoms with Crippen LogP contribution < -0.4 is 9.47 Å². The minimum Gasteiger partial charge on any atom is -0.504 e. The number of aromatic hydroxyl groups is 2. The summed E-state index contributed by atoms with van der Waals surface area (Å²) in [4.78, 5) is 4.97. The zero-order valence-corrected chi connectivity index (χ0v) is 24.5. The fourth-order valence-electron chi connectivity index (χ4n) is 11.4. The van der Waals surface area contributed by atoms with Crippen LogP contribution in [0.4, 0.5) is 0 Å². The lowest BCUT2D eigenvalue weighted by Crippen LogP contribution is -2.66. The quantitative estimate of drug-likeness (QED) is 0.381. The van der Waals surface area contributed by atoms with Crippen molar-refractivity contribution in [2.24, 2.45) is 11.8 Å². The molecule has 8 aliphatic rings. The largest absolute Gasteiger partial charge is 0.504 e. The highest BCUT2D eigenvalue weighted by Gasteiger charge is 2.66. The fraction of sp³-hybridized carbons (Fsp3) is 0.647. The van der Waals surface area contributed by atoms with E-state index in [2.05, 4.69) is 36.0 Å². The lowest BCUT2D eigenvalue weighted by Gasteiger charge is -2.58. The molecule has 4 bridgehead atoms. The third-order valence-electron chi connectivity index (χ3n) is 13.1. The van der Waals surface area contributed by atoms with Crippen LogP contribution in [0, 0.1) is 11.8 Å². The Kier molecular flexibility index (Phi) is 5.28. The van der Waals surface area contributed by atoms with Gasteiger partial charge in [0.15, 0.2) is 23.0 Å². The molecule has 4 aliphatic heterocycles. The van der Waals surface area contributed by atoms with E-state index in [1.54, 1.807) is 12.1 Å². The predicted octanol–water partition coefficient (Wildman–Crippen LogP) is 2.84. The summed E-state index contributed by atoms with van der Waals surface area (Å²) in [6.45, 7) is 2.09. The van der Waals surface area contributed by atoms with Crippen molar-refractivity contribution in [2.45, 2.75) is 98.7 Å². The van der Waals surface area contributed by atoms with Gasteiger partial charge in [0.1, 0.15) is 12.2 Å². The maximum absolute atomic E-state index is 10.5. The van der Waals surface area contributed by atoms with Crippen LogP contribution in [0.1, 0.15) is 60.8 Å². The molecule has 4 fully saturated rings. The van der Waals surface area contributed by atoms with E-state index in [0.29, 0.717) is 35.4 Å². The van der Waals surface area contributed by atoms with Gasteiger partial charge in [0.25, 0.3) is 0 Å². The topological polar surface area (TPSA) is 106 Å². The summed E-state index contributed by atoms with van der Waals surface area (Å²) in [6.07, 6.45) is 6.70. The van der Waals surface area contributed by atoms with Crippen LogP contribution in [0.5, 0.6) is 23.0 Å². The maximum atomic E-state index is 10.5. The second-order valence-electron chi connectivity index (χ2n) is 14.6. The number of rotatable bonds is 0. The number of nitrogens with zero attached hydrogens (tertiary/aromatic N) is 2. The van der Waals surface area contributed by atoms with Gasteiger partial charge in [-0.2, -0.15) is 0 Å². The number of likely N-dealkylation sites (tertiary alicyclic amines) is 2. The molecule has 10 rings (SSSR count). The zero-order valence-electron chi connectivity index (χ0n) is 24.5. The summed E-state index contributed by atoms with van der Waals surface area (Å²) in [7, 11) is 4.44. The normalized spacial score (nSPS) is 43.3. The highest BCUT2D eigenvalue weighted by molar-refractivity contribution is 5.62. The molecule has 2 saturated heterocycles. The van der Waals surface area contributed by atoms with Gasteiger partial charge in [-0.05, 0) is 114 Å². The summed E-state index contributed by atoms with van der Waals surface area (Å²) in [5.74, 6) is 2.88. The summed E-state index contributed by atoms with van der Waals surface area (Å²) in [5, 5.41) is 41.5. The highest BCUT2D eigenvalue weighted by atomic mass is 16.5. The van der Waals surface area contributed by atoms with Crippen LogP contribution >= 0.6 is 0 Å². The van der Waals surface area contributed by atoms with E-state index < -0.39 is 12.2 Å². The Morgan fingerprint density at radius 3 is 1.52 bits per heavy atom. The first-order valence-corrected chi connectivity index (χ1v) is 16.1. The van der Waals surface area contributed by atoms with E-state index in [1.807, 2.05) is 0 Å². The standard InChI is InChI=1S/2C17H21NO3/c2*1-18-7-6-17-10-3-5-13(20)16(17)21-15-12(19)4-2-9(14(15)17)8-11(10)18/h2*2,4,10-11,13,16,19-20H,3,5-8H2,1H3/t2*10-,11+,13-,16-,17-/m00/s1. The summed E-state index contributed by atoms with van der Waals surface area (Å²) in [5.41, 5.74) is 4.92. The number of aliphatic hydroxyl groups excluding tert-OH is 2. The number of phenolic OH excluding ortho intramolecular Hbond substituents is 2. The molecule has 0 aromatic heterocycles. The lowest BCUT2D eigenvalue weighted by atomic mass is 9.51. The van der Waals surface area contributed by atoms with Crippen LogP contribution in [0.3, 0.4) is 0 Å². The van der Waals surface area contributed by atoms with Crippen molar-refractivity contribution in [3.8, 4) is 23.0 Å². The Morgan fingerprint density at radius 1 is 0.667 bits per heavy atom. The molecular weight excluding hydrogens is 532 g/mol. The molecule has 8 heteroatoms. The zero-order chi connectivity index (χ0) is 28.7. The first-order chi connectivity index (χ1) is 20.3. The summed E-state index contributed by atoms with van der Waals surface area (Å²) >= 11 is 0.